The summed E-state index contributed by atoms with van der Waals surface area (Å²) in [4.78, 5) is 0. The fourth-order valence-corrected chi connectivity index (χ4v) is 1.89. The predicted octanol–water partition coefficient (Wildman–Crippen LogP) is 3.17. The number of phenolic OH excluding ortho intramolecular Hbond substituents is 1. The number of aryl methyl sites for hydroxylation is 1. The minimum atomic E-state index is 0.320. The number of aromatic nitrogens is 1. The first-order valence-corrected chi connectivity index (χ1v) is 5.49. The molecule has 1 aromatic carbocycles. The van der Waals surface area contributed by atoms with E-state index in [1.165, 1.54) is 22.4 Å². The summed E-state index contributed by atoms with van der Waals surface area (Å²) in [6.45, 7) is 7.29. The molecule has 16 heavy (non-hydrogen) atoms. The predicted molar refractivity (Wildman–Crippen MR) is 65.9 cm³/mol. The molecule has 0 saturated carbocycles. The van der Waals surface area contributed by atoms with Crippen molar-refractivity contribution < 1.29 is 5.11 Å². The molecule has 0 fully saturated rings. The molecule has 0 amide bonds. The van der Waals surface area contributed by atoms with E-state index in [4.69, 9.17) is 0 Å². The molecule has 1 aromatic heterocycles. The van der Waals surface area contributed by atoms with Gasteiger partial charge in [0.15, 0.2) is 0 Å². The average molecular weight is 215 g/mol. The molecule has 2 nitrogen and oxygen atoms in total. The highest BCUT2D eigenvalue weighted by atomic mass is 16.3. The maximum atomic E-state index is 9.22. The van der Waals surface area contributed by atoms with Crippen LogP contribution in [0.25, 0.3) is 0 Å². The van der Waals surface area contributed by atoms with Crippen LogP contribution in [-0.4, -0.2) is 9.67 Å². The standard InChI is InChI=1S/C14H17NO/c1-10-8-15(12(3)11(10)2)9-13-4-6-14(16)7-5-13/h4-8,16H,9H2,1-3H3. The van der Waals surface area contributed by atoms with Gasteiger partial charge in [-0.1, -0.05) is 12.1 Å². The summed E-state index contributed by atoms with van der Waals surface area (Å²) in [7, 11) is 0. The highest BCUT2D eigenvalue weighted by Crippen LogP contribution is 2.17. The lowest BCUT2D eigenvalue weighted by Crippen LogP contribution is -2.00. The molecular weight excluding hydrogens is 198 g/mol. The van der Waals surface area contributed by atoms with Crippen LogP contribution in [0.5, 0.6) is 5.75 Å². The Balaban J connectivity index is 2.27. The van der Waals surface area contributed by atoms with Gasteiger partial charge in [0.1, 0.15) is 5.75 Å². The fraction of sp³-hybridized carbons (Fsp3) is 0.286. The van der Waals surface area contributed by atoms with Crippen LogP contribution in [0.2, 0.25) is 0 Å². The molecule has 0 aliphatic heterocycles. The van der Waals surface area contributed by atoms with Gasteiger partial charge in [-0.05, 0) is 49.6 Å². The molecule has 0 atom stereocenters. The van der Waals surface area contributed by atoms with Gasteiger partial charge in [-0.2, -0.15) is 0 Å². The summed E-state index contributed by atoms with van der Waals surface area (Å²) in [5.41, 5.74) is 5.21. The Morgan fingerprint density at radius 3 is 2.19 bits per heavy atom. The van der Waals surface area contributed by atoms with E-state index >= 15 is 0 Å². The van der Waals surface area contributed by atoms with Crippen LogP contribution < -0.4 is 0 Å². The van der Waals surface area contributed by atoms with E-state index in [-0.39, 0.29) is 0 Å². The quantitative estimate of drug-likeness (QED) is 0.817. The zero-order valence-corrected chi connectivity index (χ0v) is 9.99. The molecule has 0 bridgehead atoms. The normalized spacial score (nSPS) is 10.7. The third-order valence-corrected chi connectivity index (χ3v) is 3.20. The number of hydrogen-bond donors (Lipinski definition) is 1. The van der Waals surface area contributed by atoms with E-state index in [1.54, 1.807) is 12.1 Å². The molecular formula is C14H17NO. The van der Waals surface area contributed by atoms with Crippen molar-refractivity contribution in [3.63, 3.8) is 0 Å². The molecule has 0 aliphatic carbocycles. The zero-order chi connectivity index (χ0) is 11.7. The first kappa shape index (κ1) is 10.8. The fourth-order valence-electron chi connectivity index (χ4n) is 1.89. The molecule has 2 rings (SSSR count). The summed E-state index contributed by atoms with van der Waals surface area (Å²) < 4.78 is 2.25. The number of hydrogen-bond acceptors (Lipinski definition) is 1. The van der Waals surface area contributed by atoms with E-state index in [2.05, 4.69) is 31.5 Å². The van der Waals surface area contributed by atoms with E-state index in [0.29, 0.717) is 5.75 Å². The summed E-state index contributed by atoms with van der Waals surface area (Å²) in [5.74, 6) is 0.320. The maximum Gasteiger partial charge on any atom is 0.115 e. The summed E-state index contributed by atoms with van der Waals surface area (Å²) in [5, 5.41) is 9.22. The third kappa shape index (κ3) is 1.96. The summed E-state index contributed by atoms with van der Waals surface area (Å²) in [6.07, 6.45) is 2.18. The zero-order valence-electron chi connectivity index (χ0n) is 9.99. The van der Waals surface area contributed by atoms with Crippen LogP contribution in [0, 0.1) is 20.8 Å². The number of nitrogens with zero attached hydrogens (tertiary/aromatic N) is 1. The van der Waals surface area contributed by atoms with Crippen molar-refractivity contribution >= 4 is 0 Å². The first-order chi connectivity index (χ1) is 7.58. The lowest BCUT2D eigenvalue weighted by Gasteiger charge is -2.06. The highest BCUT2D eigenvalue weighted by molar-refractivity contribution is 5.31. The van der Waals surface area contributed by atoms with Crippen molar-refractivity contribution in [1.29, 1.82) is 0 Å². The van der Waals surface area contributed by atoms with Crippen molar-refractivity contribution in [1.82, 2.24) is 4.57 Å². The minimum Gasteiger partial charge on any atom is -0.508 e. The van der Waals surface area contributed by atoms with E-state index in [1.807, 2.05) is 12.1 Å². The molecule has 1 heterocycles. The molecule has 0 spiro atoms. The van der Waals surface area contributed by atoms with Crippen LogP contribution in [0.3, 0.4) is 0 Å². The van der Waals surface area contributed by atoms with E-state index in [9.17, 15) is 5.11 Å². The lowest BCUT2D eigenvalue weighted by atomic mass is 10.2. The van der Waals surface area contributed by atoms with Gasteiger partial charge in [0.2, 0.25) is 0 Å². The van der Waals surface area contributed by atoms with Crippen molar-refractivity contribution in [2.75, 3.05) is 0 Å². The molecule has 0 unspecified atom stereocenters. The van der Waals surface area contributed by atoms with E-state index < -0.39 is 0 Å². The molecule has 0 radical (unpaired) electrons. The minimum absolute atomic E-state index is 0.320. The van der Waals surface area contributed by atoms with Gasteiger partial charge in [-0.3, -0.25) is 0 Å². The van der Waals surface area contributed by atoms with E-state index in [0.717, 1.165) is 6.54 Å². The van der Waals surface area contributed by atoms with Crippen LogP contribution in [0.1, 0.15) is 22.4 Å². The SMILES string of the molecule is Cc1cn(Cc2ccc(O)cc2)c(C)c1C. The van der Waals surface area contributed by atoms with Gasteiger partial charge in [0.25, 0.3) is 0 Å². The van der Waals surface area contributed by atoms with Gasteiger partial charge in [0.05, 0.1) is 0 Å². The topological polar surface area (TPSA) is 25.2 Å². The van der Waals surface area contributed by atoms with Crippen LogP contribution in [0.4, 0.5) is 0 Å². The molecule has 2 heteroatoms. The van der Waals surface area contributed by atoms with Gasteiger partial charge < -0.3 is 9.67 Å². The Bertz CT molecular complexity index is 494. The molecule has 1 N–H and O–H groups in total. The van der Waals surface area contributed by atoms with Crippen LogP contribution in [-0.2, 0) is 6.54 Å². The van der Waals surface area contributed by atoms with Crippen LogP contribution in [0.15, 0.2) is 30.5 Å². The number of rotatable bonds is 2. The summed E-state index contributed by atoms with van der Waals surface area (Å²) >= 11 is 0. The second-order valence-corrected chi connectivity index (χ2v) is 4.32. The van der Waals surface area contributed by atoms with Crippen molar-refractivity contribution in [3.05, 3.63) is 52.8 Å². The Labute approximate surface area is 96.2 Å². The Morgan fingerprint density at radius 2 is 1.69 bits per heavy atom. The summed E-state index contributed by atoms with van der Waals surface area (Å²) in [6, 6.07) is 7.38. The molecule has 2 aromatic rings. The Hall–Kier alpha value is -1.70. The highest BCUT2D eigenvalue weighted by Gasteiger charge is 2.05. The van der Waals surface area contributed by atoms with Gasteiger partial charge in [0, 0.05) is 18.4 Å². The van der Waals surface area contributed by atoms with Crippen molar-refractivity contribution in [3.8, 4) is 5.75 Å². The molecule has 0 aliphatic rings. The van der Waals surface area contributed by atoms with Crippen LogP contribution >= 0.6 is 0 Å². The third-order valence-electron chi connectivity index (χ3n) is 3.20. The van der Waals surface area contributed by atoms with Crippen molar-refractivity contribution in [2.24, 2.45) is 0 Å². The molecule has 84 valence electrons. The number of phenols is 1. The lowest BCUT2D eigenvalue weighted by molar-refractivity contribution is 0.475. The average Bonchev–Trinajstić information content (AvgIpc) is 2.50. The second kappa shape index (κ2) is 4.05. The Kier molecular flexibility index (Phi) is 2.73. The number of aromatic hydroxyl groups is 1. The number of benzene rings is 1. The first-order valence-electron chi connectivity index (χ1n) is 5.49. The smallest absolute Gasteiger partial charge is 0.115 e. The molecule has 0 saturated heterocycles. The van der Waals surface area contributed by atoms with Gasteiger partial charge in [-0.15, -0.1) is 0 Å². The van der Waals surface area contributed by atoms with Crippen molar-refractivity contribution in [2.45, 2.75) is 27.3 Å². The largest absolute Gasteiger partial charge is 0.508 e. The van der Waals surface area contributed by atoms with Gasteiger partial charge >= 0.3 is 0 Å². The Morgan fingerprint density at radius 1 is 1.06 bits per heavy atom. The second-order valence-electron chi connectivity index (χ2n) is 4.32. The maximum absolute atomic E-state index is 9.22. The monoisotopic (exact) mass is 215 g/mol. The van der Waals surface area contributed by atoms with Gasteiger partial charge in [-0.25, -0.2) is 0 Å².